The van der Waals surface area contributed by atoms with E-state index in [2.05, 4.69) is 24.1 Å². The standard InChI is InChI=1S/C27H32BN3O3/c1-17(2)18-7-9-20(10-8-18)25(32)31-24-22(29)15-16-23(30-24)19-11-13-21(14-12-19)28-33-26(3,4)27(5,6)34-28/h7-17H,29H2,1-6H3,(H,30,31,32). The molecule has 2 heterocycles. The molecule has 1 fully saturated rings. The van der Waals surface area contributed by atoms with E-state index in [4.69, 9.17) is 15.0 Å². The van der Waals surface area contributed by atoms with Gasteiger partial charge < -0.3 is 20.4 Å². The van der Waals surface area contributed by atoms with Gasteiger partial charge in [-0.25, -0.2) is 4.98 Å². The molecule has 34 heavy (non-hydrogen) atoms. The third-order valence-electron chi connectivity index (χ3n) is 6.73. The van der Waals surface area contributed by atoms with E-state index in [1.54, 1.807) is 6.07 Å². The fourth-order valence-electron chi connectivity index (χ4n) is 3.72. The zero-order valence-corrected chi connectivity index (χ0v) is 20.7. The number of pyridine rings is 1. The van der Waals surface area contributed by atoms with Gasteiger partial charge in [-0.1, -0.05) is 50.2 Å². The molecule has 0 saturated carbocycles. The zero-order chi connectivity index (χ0) is 24.7. The molecule has 1 aliphatic rings. The Balaban J connectivity index is 1.51. The van der Waals surface area contributed by atoms with Crippen LogP contribution < -0.4 is 16.5 Å². The lowest BCUT2D eigenvalue weighted by Crippen LogP contribution is -2.41. The average molecular weight is 457 g/mol. The smallest absolute Gasteiger partial charge is 0.399 e. The first-order chi connectivity index (χ1) is 16.0. The molecule has 0 atom stereocenters. The Kier molecular flexibility index (Phi) is 6.27. The molecule has 6 nitrogen and oxygen atoms in total. The maximum atomic E-state index is 12.8. The minimum Gasteiger partial charge on any atom is -0.399 e. The molecule has 4 rings (SSSR count). The summed E-state index contributed by atoms with van der Waals surface area (Å²) in [7, 11) is -0.421. The number of anilines is 2. The highest BCUT2D eigenvalue weighted by atomic mass is 16.7. The van der Waals surface area contributed by atoms with Crippen LogP contribution in [0, 0.1) is 0 Å². The van der Waals surface area contributed by atoms with Crippen LogP contribution in [0.1, 0.15) is 63.4 Å². The number of carbonyl (C=O) groups is 1. The molecule has 1 saturated heterocycles. The topological polar surface area (TPSA) is 86.5 Å². The fourth-order valence-corrected chi connectivity index (χ4v) is 3.72. The van der Waals surface area contributed by atoms with Crippen LogP contribution in [0.25, 0.3) is 11.3 Å². The van der Waals surface area contributed by atoms with Gasteiger partial charge in [-0.15, -0.1) is 0 Å². The predicted molar refractivity (Wildman–Crippen MR) is 138 cm³/mol. The molecule has 1 amide bonds. The van der Waals surface area contributed by atoms with Crippen molar-refractivity contribution in [1.29, 1.82) is 0 Å². The summed E-state index contributed by atoms with van der Waals surface area (Å²) in [6.07, 6.45) is 0. The number of aromatic nitrogens is 1. The second kappa shape index (κ2) is 8.89. The largest absolute Gasteiger partial charge is 0.494 e. The molecule has 1 aromatic heterocycles. The highest BCUT2D eigenvalue weighted by Crippen LogP contribution is 2.36. The number of hydrogen-bond donors (Lipinski definition) is 2. The fraction of sp³-hybridized carbons (Fsp3) is 0.333. The number of nitrogens with one attached hydrogen (secondary N) is 1. The van der Waals surface area contributed by atoms with Crippen molar-refractivity contribution in [1.82, 2.24) is 4.98 Å². The zero-order valence-electron chi connectivity index (χ0n) is 20.7. The molecule has 0 unspecified atom stereocenters. The van der Waals surface area contributed by atoms with Gasteiger partial charge in [-0.3, -0.25) is 4.79 Å². The van der Waals surface area contributed by atoms with Gasteiger partial charge in [0.05, 0.1) is 22.6 Å². The molecule has 1 aliphatic heterocycles. The van der Waals surface area contributed by atoms with Gasteiger partial charge in [-0.05, 0) is 68.9 Å². The molecule has 2 aromatic carbocycles. The second-order valence-corrected chi connectivity index (χ2v) is 10.1. The molecule has 7 heteroatoms. The van der Waals surface area contributed by atoms with Gasteiger partial charge in [0, 0.05) is 11.1 Å². The molecule has 0 radical (unpaired) electrons. The van der Waals surface area contributed by atoms with Gasteiger partial charge in [-0.2, -0.15) is 0 Å². The number of nitrogens with zero attached hydrogens (tertiary/aromatic N) is 1. The molecular weight excluding hydrogens is 425 g/mol. The van der Waals surface area contributed by atoms with Crippen LogP contribution in [0.4, 0.5) is 11.5 Å². The van der Waals surface area contributed by atoms with Crippen LogP contribution in [0.2, 0.25) is 0 Å². The van der Waals surface area contributed by atoms with Crippen LogP contribution in [-0.2, 0) is 9.31 Å². The van der Waals surface area contributed by atoms with Crippen molar-refractivity contribution < 1.29 is 14.1 Å². The number of hydrogen-bond acceptors (Lipinski definition) is 5. The van der Waals surface area contributed by atoms with E-state index in [0.29, 0.717) is 28.7 Å². The van der Waals surface area contributed by atoms with Crippen molar-refractivity contribution in [3.05, 3.63) is 71.8 Å². The van der Waals surface area contributed by atoms with E-state index in [1.165, 1.54) is 5.56 Å². The molecule has 176 valence electrons. The first kappa shape index (κ1) is 24.0. The number of benzene rings is 2. The highest BCUT2D eigenvalue weighted by Gasteiger charge is 2.51. The maximum Gasteiger partial charge on any atom is 0.494 e. The van der Waals surface area contributed by atoms with Crippen LogP contribution in [0.15, 0.2) is 60.7 Å². The normalized spacial score (nSPS) is 16.6. The molecule has 3 aromatic rings. The van der Waals surface area contributed by atoms with Crippen LogP contribution in [0.3, 0.4) is 0 Å². The quantitative estimate of drug-likeness (QED) is 0.527. The van der Waals surface area contributed by atoms with Crippen molar-refractivity contribution in [2.45, 2.75) is 58.7 Å². The Morgan fingerprint density at radius 2 is 1.50 bits per heavy atom. The van der Waals surface area contributed by atoms with E-state index in [1.807, 2.05) is 82.3 Å². The Morgan fingerprint density at radius 1 is 0.912 bits per heavy atom. The lowest BCUT2D eigenvalue weighted by molar-refractivity contribution is 0.00578. The first-order valence-electron chi connectivity index (χ1n) is 11.6. The lowest BCUT2D eigenvalue weighted by Gasteiger charge is -2.32. The van der Waals surface area contributed by atoms with Gasteiger partial charge in [0.25, 0.3) is 5.91 Å². The monoisotopic (exact) mass is 457 g/mol. The minimum absolute atomic E-state index is 0.247. The summed E-state index contributed by atoms with van der Waals surface area (Å²) >= 11 is 0. The summed E-state index contributed by atoms with van der Waals surface area (Å²) in [5.74, 6) is 0.496. The van der Waals surface area contributed by atoms with Gasteiger partial charge >= 0.3 is 7.12 Å². The summed E-state index contributed by atoms with van der Waals surface area (Å²) < 4.78 is 12.3. The molecule has 3 N–H and O–H groups in total. The van der Waals surface area contributed by atoms with Crippen LogP contribution in [0.5, 0.6) is 0 Å². The summed E-state index contributed by atoms with van der Waals surface area (Å²) in [6, 6.07) is 19.0. The Labute approximate surface area is 202 Å². The van der Waals surface area contributed by atoms with Crippen LogP contribution in [-0.4, -0.2) is 29.2 Å². The van der Waals surface area contributed by atoms with Crippen molar-refractivity contribution in [2.75, 3.05) is 11.1 Å². The van der Waals surface area contributed by atoms with Gasteiger partial charge in [0.15, 0.2) is 5.82 Å². The van der Waals surface area contributed by atoms with E-state index in [-0.39, 0.29) is 5.91 Å². The Morgan fingerprint density at radius 3 is 2.06 bits per heavy atom. The summed E-state index contributed by atoms with van der Waals surface area (Å²) in [5.41, 5.74) is 10.0. The molecule has 0 bridgehead atoms. The van der Waals surface area contributed by atoms with E-state index in [9.17, 15) is 4.79 Å². The predicted octanol–water partition coefficient (Wildman–Crippen LogP) is 5.01. The molecule has 0 spiro atoms. The Bertz CT molecular complexity index is 1170. The van der Waals surface area contributed by atoms with Gasteiger partial charge in [0.1, 0.15) is 0 Å². The number of rotatable bonds is 5. The van der Waals surface area contributed by atoms with E-state index < -0.39 is 18.3 Å². The van der Waals surface area contributed by atoms with Crippen LogP contribution >= 0.6 is 0 Å². The van der Waals surface area contributed by atoms with Crippen molar-refractivity contribution in [3.63, 3.8) is 0 Å². The summed E-state index contributed by atoms with van der Waals surface area (Å²) in [5, 5.41) is 2.84. The highest BCUT2D eigenvalue weighted by molar-refractivity contribution is 6.62. The summed E-state index contributed by atoms with van der Waals surface area (Å²) in [6.45, 7) is 12.4. The first-order valence-corrected chi connectivity index (χ1v) is 11.6. The second-order valence-electron chi connectivity index (χ2n) is 10.1. The lowest BCUT2D eigenvalue weighted by atomic mass is 9.79. The number of nitrogens with two attached hydrogens (primary N) is 1. The molecular formula is C27H32BN3O3. The third kappa shape index (κ3) is 4.72. The van der Waals surface area contributed by atoms with Crippen molar-refractivity contribution in [2.24, 2.45) is 0 Å². The number of nitrogen functional groups attached to an aromatic ring is 1. The van der Waals surface area contributed by atoms with Gasteiger partial charge in [0.2, 0.25) is 0 Å². The van der Waals surface area contributed by atoms with E-state index in [0.717, 1.165) is 11.0 Å². The molecule has 0 aliphatic carbocycles. The summed E-state index contributed by atoms with van der Waals surface area (Å²) in [4.78, 5) is 17.4. The van der Waals surface area contributed by atoms with Crippen molar-refractivity contribution in [3.8, 4) is 11.3 Å². The van der Waals surface area contributed by atoms with E-state index >= 15 is 0 Å². The SMILES string of the molecule is CC(C)c1ccc(C(=O)Nc2nc(-c3ccc(B4OC(C)(C)C(C)(C)O4)cc3)ccc2N)cc1. The minimum atomic E-state index is -0.421. The number of amides is 1. The average Bonchev–Trinajstić information content (AvgIpc) is 3.02. The van der Waals surface area contributed by atoms with Crippen molar-refractivity contribution >= 4 is 30.0 Å². The number of carbonyl (C=O) groups excluding carboxylic acids is 1. The maximum absolute atomic E-state index is 12.8. The Hall–Kier alpha value is -3.16. The third-order valence-corrected chi connectivity index (χ3v) is 6.73.